The van der Waals surface area contributed by atoms with Crippen molar-refractivity contribution in [3.05, 3.63) is 29.8 Å². The molecule has 1 aromatic carbocycles. The molecule has 1 atom stereocenters. The quantitative estimate of drug-likeness (QED) is 0.819. The molecule has 0 amide bonds. The zero-order valence-corrected chi connectivity index (χ0v) is 10.5. The van der Waals surface area contributed by atoms with E-state index in [1.54, 1.807) is 14.2 Å². The lowest BCUT2D eigenvalue weighted by molar-refractivity contribution is -0.186. The topological polar surface area (TPSA) is 67.8 Å². The number of carboxylic acids is 1. The van der Waals surface area contributed by atoms with E-state index in [1.165, 1.54) is 0 Å². The first-order chi connectivity index (χ1) is 8.64. The molecular formula is C13H17NO4. The maximum absolute atomic E-state index is 11.5. The molecule has 0 radical (unpaired) electrons. The summed E-state index contributed by atoms with van der Waals surface area (Å²) >= 11 is 0. The lowest BCUT2D eigenvalue weighted by atomic mass is 9.75. The van der Waals surface area contributed by atoms with Gasteiger partial charge in [0.05, 0.1) is 26.4 Å². The van der Waals surface area contributed by atoms with Gasteiger partial charge in [0.25, 0.3) is 0 Å². The maximum Gasteiger partial charge on any atom is 0.316 e. The van der Waals surface area contributed by atoms with E-state index in [-0.39, 0.29) is 19.3 Å². The number of methoxy groups -OCH3 is 1. The third kappa shape index (κ3) is 1.95. The third-order valence-electron chi connectivity index (χ3n) is 3.44. The predicted molar refractivity (Wildman–Crippen MR) is 65.7 cm³/mol. The van der Waals surface area contributed by atoms with Gasteiger partial charge in [0.2, 0.25) is 0 Å². The van der Waals surface area contributed by atoms with Crippen LogP contribution in [0, 0.1) is 5.41 Å². The van der Waals surface area contributed by atoms with E-state index < -0.39 is 11.4 Å². The van der Waals surface area contributed by atoms with E-state index in [2.05, 4.69) is 5.32 Å². The van der Waals surface area contributed by atoms with Gasteiger partial charge in [-0.25, -0.2) is 0 Å². The highest BCUT2D eigenvalue weighted by Crippen LogP contribution is 2.41. The van der Waals surface area contributed by atoms with E-state index in [0.717, 1.165) is 11.3 Å². The molecular weight excluding hydrogens is 234 g/mol. The van der Waals surface area contributed by atoms with Crippen molar-refractivity contribution in [1.29, 1.82) is 0 Å². The first-order valence-electron chi connectivity index (χ1n) is 5.76. The zero-order chi connectivity index (χ0) is 13.2. The van der Waals surface area contributed by atoms with Crippen molar-refractivity contribution >= 4 is 5.97 Å². The summed E-state index contributed by atoms with van der Waals surface area (Å²) in [7, 11) is 3.36. The average Bonchev–Trinajstić information content (AvgIpc) is 2.33. The second-order valence-electron chi connectivity index (χ2n) is 4.45. The van der Waals surface area contributed by atoms with Gasteiger partial charge in [0.15, 0.2) is 0 Å². The molecule has 1 saturated heterocycles. The summed E-state index contributed by atoms with van der Waals surface area (Å²) in [6.07, 6.45) is 0. The molecule has 1 heterocycles. The van der Waals surface area contributed by atoms with Gasteiger partial charge in [-0.3, -0.25) is 4.79 Å². The van der Waals surface area contributed by atoms with E-state index in [1.807, 2.05) is 24.3 Å². The van der Waals surface area contributed by atoms with Gasteiger partial charge in [0.1, 0.15) is 11.2 Å². The van der Waals surface area contributed by atoms with Crippen LogP contribution in [0.2, 0.25) is 0 Å². The molecule has 1 fully saturated rings. The fourth-order valence-corrected chi connectivity index (χ4v) is 2.29. The van der Waals surface area contributed by atoms with Crippen molar-refractivity contribution in [2.24, 2.45) is 5.41 Å². The van der Waals surface area contributed by atoms with Crippen molar-refractivity contribution < 1.29 is 19.4 Å². The maximum atomic E-state index is 11.5. The number of carboxylic acid groups (broad SMARTS) is 1. The van der Waals surface area contributed by atoms with Crippen molar-refractivity contribution in [3.8, 4) is 5.75 Å². The molecule has 0 aromatic heterocycles. The average molecular weight is 251 g/mol. The van der Waals surface area contributed by atoms with Crippen LogP contribution in [0.5, 0.6) is 5.75 Å². The highest BCUT2D eigenvalue weighted by atomic mass is 16.5. The second kappa shape index (κ2) is 4.96. The molecule has 2 N–H and O–H groups in total. The number of rotatable bonds is 5. The monoisotopic (exact) mass is 251 g/mol. The van der Waals surface area contributed by atoms with E-state index >= 15 is 0 Å². The molecule has 1 aliphatic heterocycles. The predicted octanol–water partition coefficient (Wildman–Crippen LogP) is 1.06. The standard InChI is InChI=1S/C13H17NO4/c1-14-11(13(12(15)16)7-18-8-13)9-3-5-10(17-2)6-4-9/h3-6,11,14H,7-8H2,1-2H3,(H,15,16). The Labute approximate surface area is 106 Å². The van der Waals surface area contributed by atoms with Gasteiger partial charge in [0, 0.05) is 0 Å². The van der Waals surface area contributed by atoms with Crippen molar-refractivity contribution in [2.75, 3.05) is 27.4 Å². The number of ether oxygens (including phenoxy) is 2. The number of nitrogens with one attached hydrogen (secondary N) is 1. The molecule has 2 rings (SSSR count). The Kier molecular flexibility index (Phi) is 3.54. The number of hydrogen-bond donors (Lipinski definition) is 2. The Morgan fingerprint density at radius 2 is 2.06 bits per heavy atom. The molecule has 0 spiro atoms. The molecule has 1 aliphatic rings. The van der Waals surface area contributed by atoms with Gasteiger partial charge in [-0.15, -0.1) is 0 Å². The first-order valence-corrected chi connectivity index (χ1v) is 5.76. The largest absolute Gasteiger partial charge is 0.497 e. The Morgan fingerprint density at radius 1 is 1.44 bits per heavy atom. The van der Waals surface area contributed by atoms with E-state index in [4.69, 9.17) is 9.47 Å². The number of hydrogen-bond acceptors (Lipinski definition) is 4. The van der Waals surface area contributed by atoms with E-state index in [9.17, 15) is 9.90 Å². The van der Waals surface area contributed by atoms with Crippen molar-refractivity contribution in [2.45, 2.75) is 6.04 Å². The smallest absolute Gasteiger partial charge is 0.316 e. The van der Waals surface area contributed by atoms with Gasteiger partial charge < -0.3 is 19.9 Å². The first kappa shape index (κ1) is 12.9. The molecule has 18 heavy (non-hydrogen) atoms. The molecule has 0 bridgehead atoms. The minimum atomic E-state index is -0.872. The van der Waals surface area contributed by atoms with Gasteiger partial charge in [-0.05, 0) is 24.7 Å². The lowest BCUT2D eigenvalue weighted by Crippen LogP contribution is -2.56. The van der Waals surface area contributed by atoms with Crippen LogP contribution in [0.4, 0.5) is 0 Å². The Balaban J connectivity index is 2.29. The van der Waals surface area contributed by atoms with Crippen LogP contribution < -0.4 is 10.1 Å². The number of benzene rings is 1. The summed E-state index contributed by atoms with van der Waals surface area (Å²) in [6.45, 7) is 0.472. The minimum Gasteiger partial charge on any atom is -0.497 e. The Hall–Kier alpha value is -1.59. The highest BCUT2D eigenvalue weighted by molar-refractivity contribution is 5.77. The van der Waals surface area contributed by atoms with Crippen LogP contribution in [-0.4, -0.2) is 38.4 Å². The molecule has 1 aromatic rings. The highest BCUT2D eigenvalue weighted by Gasteiger charge is 2.52. The van der Waals surface area contributed by atoms with Crippen LogP contribution in [0.3, 0.4) is 0 Å². The summed E-state index contributed by atoms with van der Waals surface area (Å²) < 4.78 is 10.2. The summed E-state index contributed by atoms with van der Waals surface area (Å²) in [6, 6.07) is 7.14. The molecule has 0 aliphatic carbocycles. The zero-order valence-electron chi connectivity index (χ0n) is 10.5. The fourth-order valence-electron chi connectivity index (χ4n) is 2.29. The minimum absolute atomic E-state index is 0.236. The van der Waals surface area contributed by atoms with E-state index in [0.29, 0.717) is 0 Å². The lowest BCUT2D eigenvalue weighted by Gasteiger charge is -2.43. The van der Waals surface area contributed by atoms with Crippen LogP contribution >= 0.6 is 0 Å². The summed E-state index contributed by atoms with van der Waals surface area (Å²) in [5.74, 6) is -0.0771. The van der Waals surface area contributed by atoms with Crippen LogP contribution in [0.15, 0.2) is 24.3 Å². The number of aliphatic carboxylic acids is 1. The number of carbonyl (C=O) groups is 1. The van der Waals surface area contributed by atoms with Gasteiger partial charge in [-0.1, -0.05) is 12.1 Å². The van der Waals surface area contributed by atoms with Gasteiger partial charge >= 0.3 is 5.97 Å². The normalized spacial score (nSPS) is 18.8. The van der Waals surface area contributed by atoms with Crippen LogP contribution in [0.25, 0.3) is 0 Å². The molecule has 98 valence electrons. The molecule has 5 nitrogen and oxygen atoms in total. The second-order valence-corrected chi connectivity index (χ2v) is 4.45. The molecule has 0 saturated carbocycles. The molecule has 5 heteroatoms. The van der Waals surface area contributed by atoms with Gasteiger partial charge in [-0.2, -0.15) is 0 Å². The van der Waals surface area contributed by atoms with Crippen molar-refractivity contribution in [3.63, 3.8) is 0 Å². The summed E-state index contributed by atoms with van der Waals surface area (Å²) in [5.41, 5.74) is 0.0487. The Bertz CT molecular complexity index is 425. The SMILES string of the molecule is CNC(c1ccc(OC)cc1)C1(C(=O)O)COC1. The Morgan fingerprint density at radius 3 is 2.39 bits per heavy atom. The summed E-state index contributed by atoms with van der Waals surface area (Å²) in [5, 5.41) is 12.5. The fraction of sp³-hybridized carbons (Fsp3) is 0.462. The van der Waals surface area contributed by atoms with Crippen molar-refractivity contribution in [1.82, 2.24) is 5.32 Å². The summed E-state index contributed by atoms with van der Waals surface area (Å²) in [4.78, 5) is 11.5. The van der Waals surface area contributed by atoms with Crippen LogP contribution in [-0.2, 0) is 9.53 Å². The molecule has 1 unspecified atom stereocenters. The third-order valence-corrected chi connectivity index (χ3v) is 3.44. The van der Waals surface area contributed by atoms with Crippen LogP contribution in [0.1, 0.15) is 11.6 Å².